The molecule has 2 fully saturated rings. The normalized spacial score (nSPS) is 20.3. The predicted octanol–water partition coefficient (Wildman–Crippen LogP) is 2.19. The number of amides is 2. The van der Waals surface area contributed by atoms with Gasteiger partial charge in [0.1, 0.15) is 10.1 Å². The van der Waals surface area contributed by atoms with Crippen LogP contribution in [0.4, 0.5) is 4.39 Å². The minimum atomic E-state index is -0.386. The summed E-state index contributed by atoms with van der Waals surface area (Å²) in [7, 11) is 2.03. The Balaban J connectivity index is 1.61. The summed E-state index contributed by atoms with van der Waals surface area (Å²) in [4.78, 5) is 30.7. The highest BCUT2D eigenvalue weighted by molar-refractivity contribution is 8.26. The fourth-order valence-corrected chi connectivity index (χ4v) is 4.15. The molecule has 2 aliphatic rings. The van der Waals surface area contributed by atoms with Crippen LogP contribution in [0.15, 0.2) is 29.2 Å². The molecule has 2 aliphatic heterocycles. The van der Waals surface area contributed by atoms with Crippen molar-refractivity contribution in [3.05, 3.63) is 40.6 Å². The van der Waals surface area contributed by atoms with Gasteiger partial charge >= 0.3 is 0 Å². The van der Waals surface area contributed by atoms with E-state index in [1.54, 1.807) is 18.2 Å². The number of hydrogen-bond acceptors (Lipinski definition) is 5. The Labute approximate surface area is 161 Å². The Morgan fingerprint density at radius 3 is 2.65 bits per heavy atom. The summed E-state index contributed by atoms with van der Waals surface area (Å²) in [6, 6.07) is 6.27. The number of thioether (sulfide) groups is 1. The van der Waals surface area contributed by atoms with E-state index in [0.717, 1.165) is 24.9 Å². The van der Waals surface area contributed by atoms with Crippen molar-refractivity contribution in [3.63, 3.8) is 0 Å². The maximum Gasteiger partial charge on any atom is 0.266 e. The first-order valence-electron chi connectivity index (χ1n) is 8.42. The monoisotopic (exact) mass is 393 g/mol. The van der Waals surface area contributed by atoms with E-state index in [1.165, 1.54) is 17.0 Å². The Hall–Kier alpha value is -1.77. The van der Waals surface area contributed by atoms with Crippen LogP contribution in [-0.2, 0) is 9.59 Å². The first-order valence-corrected chi connectivity index (χ1v) is 9.64. The van der Waals surface area contributed by atoms with Crippen LogP contribution in [0.2, 0.25) is 0 Å². The van der Waals surface area contributed by atoms with Crippen LogP contribution in [0.5, 0.6) is 0 Å². The molecule has 8 heteroatoms. The van der Waals surface area contributed by atoms with Crippen LogP contribution >= 0.6 is 24.0 Å². The minimum Gasteiger partial charge on any atom is -0.340 e. The lowest BCUT2D eigenvalue weighted by Crippen LogP contribution is -2.47. The summed E-state index contributed by atoms with van der Waals surface area (Å²) in [5.41, 5.74) is 0.349. The molecule has 2 saturated heterocycles. The average Bonchev–Trinajstić information content (AvgIpc) is 2.89. The number of hydrogen-bond donors (Lipinski definition) is 0. The number of carbonyl (C=O) groups excluding carboxylic acids is 2. The smallest absolute Gasteiger partial charge is 0.266 e. The number of benzene rings is 1. The van der Waals surface area contributed by atoms with Gasteiger partial charge in [-0.25, -0.2) is 4.39 Å². The molecule has 0 radical (unpaired) electrons. The third-order valence-corrected chi connectivity index (χ3v) is 5.85. The van der Waals surface area contributed by atoms with Crippen LogP contribution in [-0.4, -0.2) is 70.6 Å². The second-order valence-electron chi connectivity index (χ2n) is 6.29. The molecular formula is C18H20FN3O2S2. The number of thiocarbonyl (C=S) groups is 1. The maximum atomic E-state index is 13.8. The number of likely N-dealkylation sites (N-methyl/N-ethyl adjacent to an activating group) is 1. The summed E-state index contributed by atoms with van der Waals surface area (Å²) in [5, 5.41) is 0. The lowest BCUT2D eigenvalue weighted by Gasteiger charge is -2.32. The van der Waals surface area contributed by atoms with Gasteiger partial charge in [0.05, 0.1) is 4.91 Å². The van der Waals surface area contributed by atoms with Crippen LogP contribution in [0, 0.1) is 5.82 Å². The highest BCUT2D eigenvalue weighted by atomic mass is 32.2. The van der Waals surface area contributed by atoms with Gasteiger partial charge in [-0.1, -0.05) is 42.2 Å². The summed E-state index contributed by atoms with van der Waals surface area (Å²) >= 11 is 6.41. The molecule has 0 spiro atoms. The number of nitrogens with zero attached hydrogens (tertiary/aromatic N) is 3. The lowest BCUT2D eigenvalue weighted by molar-refractivity contribution is -0.133. The van der Waals surface area contributed by atoms with E-state index in [-0.39, 0.29) is 30.6 Å². The molecule has 0 saturated carbocycles. The minimum absolute atomic E-state index is 0.0326. The fraction of sp³-hybridized carbons (Fsp3) is 0.389. The second-order valence-corrected chi connectivity index (χ2v) is 7.96. The van der Waals surface area contributed by atoms with Crippen molar-refractivity contribution in [1.29, 1.82) is 0 Å². The van der Waals surface area contributed by atoms with E-state index in [0.29, 0.717) is 27.9 Å². The Bertz CT molecular complexity index is 761. The highest BCUT2D eigenvalue weighted by Crippen LogP contribution is 2.33. The second kappa shape index (κ2) is 8.28. The Morgan fingerprint density at radius 1 is 1.27 bits per heavy atom. The summed E-state index contributed by atoms with van der Waals surface area (Å²) < 4.78 is 14.2. The van der Waals surface area contributed by atoms with Crippen molar-refractivity contribution in [2.45, 2.75) is 6.42 Å². The van der Waals surface area contributed by atoms with Gasteiger partial charge in [-0.3, -0.25) is 14.5 Å². The van der Waals surface area contributed by atoms with Crippen molar-refractivity contribution < 1.29 is 14.0 Å². The summed E-state index contributed by atoms with van der Waals surface area (Å²) in [5.74, 6) is -0.623. The zero-order valence-corrected chi connectivity index (χ0v) is 16.1. The molecule has 0 atom stereocenters. The molecule has 3 rings (SSSR count). The third kappa shape index (κ3) is 4.31. The van der Waals surface area contributed by atoms with Crippen LogP contribution in [0.25, 0.3) is 6.08 Å². The molecule has 0 unspecified atom stereocenters. The number of piperazine rings is 1. The molecule has 26 heavy (non-hydrogen) atoms. The van der Waals surface area contributed by atoms with E-state index in [4.69, 9.17) is 12.2 Å². The van der Waals surface area contributed by atoms with Crippen LogP contribution < -0.4 is 0 Å². The standard InChI is InChI=1S/C18H20FN3O2S2/c1-20-8-10-21(11-9-20)16(23)6-7-22-17(24)15(26-18(22)25)12-13-4-2-3-5-14(13)19/h2-5,12H,6-11H2,1H3/b15-12-. The van der Waals surface area contributed by atoms with E-state index in [9.17, 15) is 14.0 Å². The number of carbonyl (C=O) groups is 2. The fourth-order valence-electron chi connectivity index (χ4n) is 2.85. The van der Waals surface area contributed by atoms with Gasteiger partial charge in [0.25, 0.3) is 5.91 Å². The summed E-state index contributed by atoms with van der Waals surface area (Å²) in [6.07, 6.45) is 1.75. The first kappa shape index (κ1) is 19.0. The largest absolute Gasteiger partial charge is 0.340 e. The molecule has 1 aromatic rings. The maximum absolute atomic E-state index is 13.8. The molecule has 0 aromatic heterocycles. The third-order valence-electron chi connectivity index (χ3n) is 4.47. The molecule has 0 aliphatic carbocycles. The van der Waals surface area contributed by atoms with Crippen molar-refractivity contribution >= 4 is 46.2 Å². The van der Waals surface area contributed by atoms with E-state index < -0.39 is 0 Å². The number of rotatable bonds is 4. The first-order chi connectivity index (χ1) is 12.5. The van der Waals surface area contributed by atoms with E-state index in [2.05, 4.69) is 4.90 Å². The molecule has 0 N–H and O–H groups in total. The Morgan fingerprint density at radius 2 is 1.96 bits per heavy atom. The SMILES string of the molecule is CN1CCN(C(=O)CCN2C(=O)/C(=C/c3ccccc3F)SC2=S)CC1. The predicted molar refractivity (Wildman–Crippen MR) is 105 cm³/mol. The van der Waals surface area contributed by atoms with Crippen LogP contribution in [0.3, 0.4) is 0 Å². The number of halogens is 1. The molecule has 2 heterocycles. The van der Waals surface area contributed by atoms with Gasteiger partial charge < -0.3 is 9.80 Å². The topological polar surface area (TPSA) is 43.9 Å². The van der Waals surface area contributed by atoms with E-state index >= 15 is 0 Å². The zero-order chi connectivity index (χ0) is 18.7. The molecule has 5 nitrogen and oxygen atoms in total. The zero-order valence-electron chi connectivity index (χ0n) is 14.5. The van der Waals surface area contributed by atoms with Gasteiger partial charge in [-0.05, 0) is 19.2 Å². The molecule has 1 aromatic carbocycles. The van der Waals surface area contributed by atoms with Crippen molar-refractivity contribution in [2.75, 3.05) is 39.8 Å². The molecular weight excluding hydrogens is 373 g/mol. The van der Waals surface area contributed by atoms with Crippen LogP contribution in [0.1, 0.15) is 12.0 Å². The molecule has 0 bridgehead atoms. The molecule has 138 valence electrons. The van der Waals surface area contributed by atoms with Crippen molar-refractivity contribution in [1.82, 2.24) is 14.7 Å². The lowest BCUT2D eigenvalue weighted by atomic mass is 10.2. The van der Waals surface area contributed by atoms with Gasteiger partial charge in [-0.15, -0.1) is 0 Å². The van der Waals surface area contributed by atoms with Gasteiger partial charge in [-0.2, -0.15) is 0 Å². The van der Waals surface area contributed by atoms with Gasteiger partial charge in [0.15, 0.2) is 0 Å². The quantitative estimate of drug-likeness (QED) is 0.580. The average molecular weight is 394 g/mol. The highest BCUT2D eigenvalue weighted by Gasteiger charge is 2.32. The van der Waals surface area contributed by atoms with Gasteiger partial charge in [0.2, 0.25) is 5.91 Å². The van der Waals surface area contributed by atoms with Gasteiger partial charge in [0, 0.05) is 44.7 Å². The van der Waals surface area contributed by atoms with E-state index in [1.807, 2.05) is 11.9 Å². The van der Waals surface area contributed by atoms with Crippen molar-refractivity contribution in [2.24, 2.45) is 0 Å². The summed E-state index contributed by atoms with van der Waals surface area (Å²) in [6.45, 7) is 3.39. The molecule has 2 amide bonds. The Kier molecular flexibility index (Phi) is 6.05. The van der Waals surface area contributed by atoms with Crippen molar-refractivity contribution in [3.8, 4) is 0 Å².